The van der Waals surface area contributed by atoms with Crippen molar-refractivity contribution in [1.82, 2.24) is 0 Å². The van der Waals surface area contributed by atoms with E-state index >= 15 is 0 Å². The van der Waals surface area contributed by atoms with Crippen LogP contribution in [0.2, 0.25) is 0 Å². The third-order valence-electron chi connectivity index (χ3n) is 2.60. The Morgan fingerprint density at radius 2 is 1.62 bits per heavy atom. The predicted molar refractivity (Wildman–Crippen MR) is 91.6 cm³/mol. The van der Waals surface area contributed by atoms with Gasteiger partial charge in [0.1, 0.15) is 11.3 Å². The quantitative estimate of drug-likeness (QED) is 0.593. The van der Waals surface area contributed by atoms with Gasteiger partial charge in [0.2, 0.25) is 0 Å². The molecule has 21 heavy (non-hydrogen) atoms. The summed E-state index contributed by atoms with van der Waals surface area (Å²) < 4.78 is 0.991. The summed E-state index contributed by atoms with van der Waals surface area (Å²) in [5, 5.41) is 4.77. The lowest BCUT2D eigenvalue weighted by atomic mass is 10.0. The van der Waals surface area contributed by atoms with E-state index in [9.17, 15) is 4.79 Å². The standard InChI is InChI=1S/C16H19NO2S2/c1-10(2)20-16(21-11(3)4)13-14(17-19-15(13)18)12-8-6-5-7-9-12/h5-11H,1-4H3. The third-order valence-corrected chi connectivity index (χ3v) is 4.95. The molecule has 0 amide bonds. The van der Waals surface area contributed by atoms with Crippen LogP contribution in [0.5, 0.6) is 0 Å². The summed E-state index contributed by atoms with van der Waals surface area (Å²) >= 11 is 3.38. The fourth-order valence-corrected chi connectivity index (χ4v) is 4.65. The van der Waals surface area contributed by atoms with E-state index in [1.54, 1.807) is 23.5 Å². The average molecular weight is 321 g/mol. The molecule has 0 bridgehead atoms. The maximum Gasteiger partial charge on any atom is 0.369 e. The summed E-state index contributed by atoms with van der Waals surface area (Å²) in [7, 11) is 0. The van der Waals surface area contributed by atoms with E-state index < -0.39 is 0 Å². The van der Waals surface area contributed by atoms with E-state index in [1.807, 2.05) is 30.3 Å². The zero-order valence-corrected chi connectivity index (χ0v) is 14.3. The highest BCUT2D eigenvalue weighted by atomic mass is 32.2. The van der Waals surface area contributed by atoms with Crippen molar-refractivity contribution in [2.45, 2.75) is 38.2 Å². The molecule has 1 aromatic rings. The molecule has 0 saturated heterocycles. The van der Waals surface area contributed by atoms with Crippen molar-refractivity contribution in [2.24, 2.45) is 5.16 Å². The van der Waals surface area contributed by atoms with Crippen molar-refractivity contribution in [1.29, 1.82) is 0 Å². The minimum atomic E-state index is -0.356. The number of benzene rings is 1. The number of nitrogens with zero attached hydrogens (tertiary/aromatic N) is 1. The fraction of sp³-hybridized carbons (Fsp3) is 0.375. The number of hydrogen-bond donors (Lipinski definition) is 0. The summed E-state index contributed by atoms with van der Waals surface area (Å²) in [4.78, 5) is 17.1. The summed E-state index contributed by atoms with van der Waals surface area (Å²) in [5.74, 6) is -0.356. The second-order valence-corrected chi connectivity index (χ2v) is 8.61. The molecule has 0 N–H and O–H groups in total. The predicted octanol–water partition coefficient (Wildman–Crippen LogP) is 4.44. The highest BCUT2D eigenvalue weighted by Gasteiger charge is 2.31. The molecule has 2 rings (SSSR count). The van der Waals surface area contributed by atoms with Gasteiger partial charge < -0.3 is 4.84 Å². The fourth-order valence-electron chi connectivity index (χ4n) is 1.82. The number of oxime groups is 1. The van der Waals surface area contributed by atoms with Crippen LogP contribution in [0.3, 0.4) is 0 Å². The Labute approximate surface area is 134 Å². The molecule has 0 spiro atoms. The zero-order chi connectivity index (χ0) is 15.4. The summed E-state index contributed by atoms with van der Waals surface area (Å²) in [6.07, 6.45) is 0. The maximum atomic E-state index is 12.1. The van der Waals surface area contributed by atoms with Gasteiger partial charge in [0.05, 0.1) is 4.24 Å². The highest BCUT2D eigenvalue weighted by molar-refractivity contribution is 8.22. The Kier molecular flexibility index (Phi) is 5.53. The Hall–Kier alpha value is -1.20. The normalized spacial score (nSPS) is 14.7. The van der Waals surface area contributed by atoms with Gasteiger partial charge in [-0.15, -0.1) is 23.5 Å². The lowest BCUT2D eigenvalue weighted by Crippen LogP contribution is -2.10. The first-order valence-electron chi connectivity index (χ1n) is 6.91. The summed E-state index contributed by atoms with van der Waals surface area (Å²) in [6.45, 7) is 8.47. The van der Waals surface area contributed by atoms with Crippen LogP contribution in [0.1, 0.15) is 33.3 Å². The van der Waals surface area contributed by atoms with Crippen molar-refractivity contribution in [3.05, 3.63) is 45.7 Å². The SMILES string of the molecule is CC(C)SC(SC(C)C)=C1C(=O)ON=C1c1ccccc1. The molecule has 112 valence electrons. The van der Waals surface area contributed by atoms with E-state index in [-0.39, 0.29) is 5.97 Å². The van der Waals surface area contributed by atoms with Crippen molar-refractivity contribution < 1.29 is 9.63 Å². The number of hydrogen-bond acceptors (Lipinski definition) is 5. The molecule has 3 nitrogen and oxygen atoms in total. The zero-order valence-electron chi connectivity index (χ0n) is 12.6. The molecule has 0 radical (unpaired) electrons. The molecule has 0 unspecified atom stereocenters. The highest BCUT2D eigenvalue weighted by Crippen LogP contribution is 2.39. The molecule has 1 aliphatic heterocycles. The smallest absolute Gasteiger partial charge is 0.312 e. The van der Waals surface area contributed by atoms with Gasteiger partial charge in [0.15, 0.2) is 0 Å². The minimum Gasteiger partial charge on any atom is -0.312 e. The van der Waals surface area contributed by atoms with Gasteiger partial charge in [0, 0.05) is 16.1 Å². The Morgan fingerprint density at radius 1 is 1.05 bits per heavy atom. The first-order valence-corrected chi connectivity index (χ1v) is 8.67. The van der Waals surface area contributed by atoms with Crippen LogP contribution >= 0.6 is 23.5 Å². The monoisotopic (exact) mass is 321 g/mol. The summed E-state index contributed by atoms with van der Waals surface area (Å²) in [5.41, 5.74) is 2.14. The van der Waals surface area contributed by atoms with Gasteiger partial charge in [0.25, 0.3) is 0 Å². The lowest BCUT2D eigenvalue weighted by Gasteiger charge is -2.14. The molecule has 1 aliphatic rings. The molecule has 1 aromatic carbocycles. The van der Waals surface area contributed by atoms with Crippen molar-refractivity contribution in [3.8, 4) is 0 Å². The second kappa shape index (κ2) is 7.18. The van der Waals surface area contributed by atoms with E-state index in [0.717, 1.165) is 9.80 Å². The van der Waals surface area contributed by atoms with E-state index in [0.29, 0.717) is 21.8 Å². The molecule has 1 heterocycles. The molecular formula is C16H19NO2S2. The lowest BCUT2D eigenvalue weighted by molar-refractivity contribution is -0.136. The number of carbonyl (C=O) groups excluding carboxylic acids is 1. The first-order chi connectivity index (χ1) is 9.99. The van der Waals surface area contributed by atoms with Crippen LogP contribution < -0.4 is 0 Å². The van der Waals surface area contributed by atoms with Crippen LogP contribution in [0, 0.1) is 0 Å². The number of carbonyl (C=O) groups is 1. The third kappa shape index (κ3) is 4.14. The first kappa shape index (κ1) is 16.2. The van der Waals surface area contributed by atoms with Gasteiger partial charge in [-0.25, -0.2) is 4.79 Å². The van der Waals surface area contributed by atoms with Gasteiger partial charge >= 0.3 is 5.97 Å². The Balaban J connectivity index is 2.46. The second-order valence-electron chi connectivity index (χ2n) is 5.18. The van der Waals surface area contributed by atoms with Gasteiger partial charge in [-0.2, -0.15) is 0 Å². The largest absolute Gasteiger partial charge is 0.369 e. The van der Waals surface area contributed by atoms with Crippen LogP contribution in [0.25, 0.3) is 0 Å². The van der Waals surface area contributed by atoms with E-state index in [1.165, 1.54) is 0 Å². The maximum absolute atomic E-state index is 12.1. The molecule has 0 fully saturated rings. The Bertz CT molecular complexity index is 565. The van der Waals surface area contributed by atoms with E-state index in [2.05, 4.69) is 32.9 Å². The molecular weight excluding hydrogens is 302 g/mol. The molecule has 0 aliphatic carbocycles. The van der Waals surface area contributed by atoms with Gasteiger partial charge in [-0.05, 0) is 0 Å². The van der Waals surface area contributed by atoms with Crippen LogP contribution in [-0.2, 0) is 9.63 Å². The minimum absolute atomic E-state index is 0.356. The molecule has 5 heteroatoms. The van der Waals surface area contributed by atoms with Crippen LogP contribution in [0.4, 0.5) is 0 Å². The van der Waals surface area contributed by atoms with Crippen LogP contribution in [0.15, 0.2) is 45.3 Å². The summed E-state index contributed by atoms with van der Waals surface area (Å²) in [6, 6.07) is 9.70. The van der Waals surface area contributed by atoms with Crippen molar-refractivity contribution in [3.63, 3.8) is 0 Å². The van der Waals surface area contributed by atoms with Gasteiger partial charge in [-0.1, -0.05) is 63.2 Å². The van der Waals surface area contributed by atoms with Crippen LogP contribution in [-0.4, -0.2) is 22.2 Å². The van der Waals surface area contributed by atoms with Gasteiger partial charge in [-0.3, -0.25) is 0 Å². The Morgan fingerprint density at radius 3 is 2.14 bits per heavy atom. The topological polar surface area (TPSA) is 38.7 Å². The average Bonchev–Trinajstić information content (AvgIpc) is 2.80. The van der Waals surface area contributed by atoms with Crippen molar-refractivity contribution in [2.75, 3.05) is 0 Å². The number of thioether (sulfide) groups is 2. The molecule has 0 saturated carbocycles. The molecule has 0 aromatic heterocycles. The number of rotatable bonds is 5. The van der Waals surface area contributed by atoms with E-state index in [4.69, 9.17) is 4.84 Å². The van der Waals surface area contributed by atoms with Crippen molar-refractivity contribution >= 4 is 35.2 Å². The molecule has 0 atom stereocenters.